The van der Waals surface area contributed by atoms with Crippen LogP contribution < -0.4 is 31.7 Å². The number of hydrogen-bond donors (Lipinski definition) is 6. The maximum absolute atomic E-state index is 14.6. The van der Waals surface area contributed by atoms with Crippen LogP contribution >= 0.6 is 0 Å². The summed E-state index contributed by atoms with van der Waals surface area (Å²) in [5.41, 5.74) is 6.11. The molecule has 0 unspecified atom stereocenters. The maximum Gasteiger partial charge on any atom is 0.326 e. The van der Waals surface area contributed by atoms with Gasteiger partial charge in [-0.1, -0.05) is 45.2 Å². The van der Waals surface area contributed by atoms with Crippen LogP contribution in [0.4, 0.5) is 0 Å². The van der Waals surface area contributed by atoms with Gasteiger partial charge in [-0.05, 0) is 129 Å². The number of unbranched alkanes of at least 4 members (excludes halogenated alkanes) is 1. The van der Waals surface area contributed by atoms with Crippen LogP contribution in [0.1, 0.15) is 158 Å². The molecule has 1 aromatic carbocycles. The fourth-order valence-electron chi connectivity index (χ4n) is 9.22. The largest absolute Gasteiger partial charge is 0.488 e. The molecule has 4 rings (SSSR count). The van der Waals surface area contributed by atoms with E-state index in [1.807, 2.05) is 34.6 Å². The first-order valence-corrected chi connectivity index (χ1v) is 24.4. The highest BCUT2D eigenvalue weighted by molar-refractivity contribution is 6.22. The van der Waals surface area contributed by atoms with E-state index in [0.717, 1.165) is 19.3 Å². The molecular formula is C51H78N6O11. The fraction of sp³-hybridized carbons (Fsp3) is 0.686. The number of rotatable bonds is 21. The summed E-state index contributed by atoms with van der Waals surface area (Å²) in [5.74, 6) is -4.09. The van der Waals surface area contributed by atoms with Crippen molar-refractivity contribution in [2.24, 2.45) is 17.1 Å². The number of nitrogens with two attached hydrogens (primary N) is 1. The Morgan fingerprint density at radius 1 is 0.809 bits per heavy atom. The number of nitrogens with one attached hydrogen (secondary N) is 4. The molecule has 1 aromatic rings. The monoisotopic (exact) mass is 951 g/mol. The quantitative estimate of drug-likeness (QED) is 0.0413. The zero-order valence-corrected chi connectivity index (χ0v) is 41.8. The predicted octanol–water partition coefficient (Wildman–Crippen LogP) is 4.96. The van der Waals surface area contributed by atoms with E-state index in [4.69, 9.17) is 15.2 Å². The smallest absolute Gasteiger partial charge is 0.326 e. The lowest BCUT2D eigenvalue weighted by molar-refractivity contribution is -0.155. The number of benzene rings is 1. The van der Waals surface area contributed by atoms with E-state index in [1.165, 1.54) is 4.90 Å². The number of ketones is 2. The van der Waals surface area contributed by atoms with Gasteiger partial charge in [0.2, 0.25) is 23.6 Å². The summed E-state index contributed by atoms with van der Waals surface area (Å²) in [7, 11) is 0. The Hall–Kier alpha value is -5.32. The number of esters is 1. The lowest BCUT2D eigenvalue weighted by atomic mass is 9.73. The third-order valence-electron chi connectivity index (χ3n) is 12.5. The second kappa shape index (κ2) is 24.3. The molecule has 5 atom stereocenters. The lowest BCUT2D eigenvalue weighted by Gasteiger charge is -2.34. The Morgan fingerprint density at radius 2 is 1.43 bits per heavy atom. The normalized spacial score (nSPS) is 19.5. The summed E-state index contributed by atoms with van der Waals surface area (Å²) in [6.45, 7) is 17.1. The number of carbonyl (C=O) groups excluding carboxylic acids is 7. The second-order valence-electron chi connectivity index (χ2n) is 21.6. The third-order valence-corrected chi connectivity index (χ3v) is 12.5. The van der Waals surface area contributed by atoms with Crippen LogP contribution in [0.2, 0.25) is 0 Å². The Balaban J connectivity index is 1.46. The number of carbonyl (C=O) groups is 8. The van der Waals surface area contributed by atoms with Gasteiger partial charge >= 0.3 is 11.9 Å². The summed E-state index contributed by atoms with van der Waals surface area (Å²) in [4.78, 5) is 108. The number of likely N-dealkylation sites (tertiary alicyclic amines) is 1. The minimum atomic E-state index is -1.24. The number of amides is 4. The molecule has 1 aliphatic heterocycles. The SMILES string of the molecule is CC(NCCCC[C@H](NC(=O)[C@@H](NC(=O)[C@@H]1CCCN1C(=O)[C@H](Cc1ccc(OC(C)(C)C)cc1)NC(=O)[C@@H](N)CCC(=O)OC(C)(C)C)C1CCCCC1)C(=O)O)=C1C(=O)CC(C)(C)CC1=O. The predicted molar refractivity (Wildman–Crippen MR) is 256 cm³/mol. The third kappa shape index (κ3) is 17.3. The van der Waals surface area contributed by atoms with Crippen LogP contribution in [-0.4, -0.2) is 112 Å². The Labute approximate surface area is 402 Å². The molecule has 3 fully saturated rings. The van der Waals surface area contributed by atoms with E-state index >= 15 is 0 Å². The number of carboxylic acids is 1. The second-order valence-corrected chi connectivity index (χ2v) is 21.6. The number of hydrogen-bond acceptors (Lipinski definition) is 12. The van der Waals surface area contributed by atoms with Gasteiger partial charge in [0.25, 0.3) is 0 Å². The van der Waals surface area contributed by atoms with E-state index in [9.17, 15) is 43.5 Å². The summed E-state index contributed by atoms with van der Waals surface area (Å²) >= 11 is 0. The fourth-order valence-corrected chi connectivity index (χ4v) is 9.22. The Bertz CT molecular complexity index is 1990. The van der Waals surface area contributed by atoms with Crippen molar-refractivity contribution >= 4 is 47.1 Å². The van der Waals surface area contributed by atoms with Crippen molar-refractivity contribution < 1.29 is 52.9 Å². The topological polar surface area (TPSA) is 253 Å². The van der Waals surface area contributed by atoms with Gasteiger partial charge < -0.3 is 46.5 Å². The highest BCUT2D eigenvalue weighted by Crippen LogP contribution is 2.34. The minimum Gasteiger partial charge on any atom is -0.488 e. The number of aliphatic carboxylic acids is 1. The molecule has 7 N–H and O–H groups in total. The summed E-state index contributed by atoms with van der Waals surface area (Å²) in [5, 5.41) is 21.7. The molecule has 1 saturated heterocycles. The molecular weight excluding hydrogens is 873 g/mol. The average Bonchev–Trinajstić information content (AvgIpc) is 3.73. The number of carboxylic acid groups (broad SMARTS) is 1. The summed E-state index contributed by atoms with van der Waals surface area (Å²) < 4.78 is 11.3. The first kappa shape index (κ1) is 55.3. The number of ether oxygens (including phenoxy) is 2. The van der Waals surface area contributed by atoms with Crippen LogP contribution in [-0.2, 0) is 49.5 Å². The van der Waals surface area contributed by atoms with Crippen LogP contribution in [0, 0.1) is 11.3 Å². The Morgan fingerprint density at radius 3 is 2.01 bits per heavy atom. The first-order chi connectivity index (χ1) is 31.7. The van der Waals surface area contributed by atoms with Crippen molar-refractivity contribution in [3.8, 4) is 5.75 Å². The van der Waals surface area contributed by atoms with E-state index in [2.05, 4.69) is 21.3 Å². The number of Topliss-reactive ketones (excluding diaryl/α,β-unsaturated/α-hetero) is 2. The van der Waals surface area contributed by atoms with Crippen LogP contribution in [0.15, 0.2) is 35.5 Å². The van der Waals surface area contributed by atoms with Gasteiger partial charge in [-0.2, -0.15) is 0 Å². The lowest BCUT2D eigenvalue weighted by Crippen LogP contribution is -2.59. The van der Waals surface area contributed by atoms with Gasteiger partial charge in [-0.3, -0.25) is 33.6 Å². The molecule has 17 nitrogen and oxygen atoms in total. The highest BCUT2D eigenvalue weighted by atomic mass is 16.6. The van der Waals surface area contributed by atoms with Gasteiger partial charge in [0.1, 0.15) is 41.1 Å². The van der Waals surface area contributed by atoms with Crippen molar-refractivity contribution in [2.75, 3.05) is 13.1 Å². The minimum absolute atomic E-state index is 0.0248. The van der Waals surface area contributed by atoms with Gasteiger partial charge in [-0.15, -0.1) is 0 Å². The van der Waals surface area contributed by atoms with E-state index in [1.54, 1.807) is 52.0 Å². The molecule has 378 valence electrons. The molecule has 0 bridgehead atoms. The highest BCUT2D eigenvalue weighted by Gasteiger charge is 2.42. The molecule has 2 saturated carbocycles. The number of nitrogens with zero attached hydrogens (tertiary/aromatic N) is 1. The molecule has 68 heavy (non-hydrogen) atoms. The standard InChI is InChI=1S/C51H78N6O11/c1-31(42-39(58)29-51(8,9)30-40(42)59)53-26-14-13-18-36(48(65)66)54-46(63)43(33-16-11-10-12-17-33)56-45(62)38-19-15-27-57(38)47(64)37(28-32-20-22-34(23-21-32)67-49(2,3)4)55-44(61)35(52)24-25-41(60)68-50(5,6)7/h20-23,33,35-38,43,53H,10-19,24-30,52H2,1-9H3,(H,54,63)(H,55,61)(H,56,62)(H,65,66)/t35-,36-,37-,38-,43-/m0/s1. The molecule has 0 spiro atoms. The Kier molecular flexibility index (Phi) is 19.8. The zero-order chi connectivity index (χ0) is 50.6. The molecule has 4 amide bonds. The molecule has 1 heterocycles. The van der Waals surface area contributed by atoms with Crippen molar-refractivity contribution in [3.05, 3.63) is 41.1 Å². The van der Waals surface area contributed by atoms with Crippen molar-refractivity contribution in [1.29, 1.82) is 0 Å². The van der Waals surface area contributed by atoms with Gasteiger partial charge in [-0.25, -0.2) is 4.79 Å². The van der Waals surface area contributed by atoms with Crippen LogP contribution in [0.25, 0.3) is 0 Å². The van der Waals surface area contributed by atoms with Gasteiger partial charge in [0.05, 0.1) is 11.6 Å². The van der Waals surface area contributed by atoms with E-state index in [0.29, 0.717) is 62.1 Å². The molecule has 0 aromatic heterocycles. The summed E-state index contributed by atoms with van der Waals surface area (Å²) in [6, 6.07) is 1.58. The first-order valence-electron chi connectivity index (χ1n) is 24.4. The van der Waals surface area contributed by atoms with E-state index in [-0.39, 0.29) is 73.5 Å². The van der Waals surface area contributed by atoms with Crippen molar-refractivity contribution in [1.82, 2.24) is 26.2 Å². The molecule has 17 heteroatoms. The molecule has 2 aliphatic carbocycles. The van der Waals surface area contributed by atoms with Crippen molar-refractivity contribution in [3.63, 3.8) is 0 Å². The van der Waals surface area contributed by atoms with Crippen molar-refractivity contribution in [2.45, 2.75) is 200 Å². The molecule has 0 radical (unpaired) electrons. The number of allylic oxidation sites excluding steroid dienone is 2. The van der Waals surface area contributed by atoms with E-state index < -0.39 is 77.0 Å². The average molecular weight is 951 g/mol. The van der Waals surface area contributed by atoms with Crippen LogP contribution in [0.3, 0.4) is 0 Å². The summed E-state index contributed by atoms with van der Waals surface area (Å²) in [6.07, 6.45) is 6.22. The van der Waals surface area contributed by atoms with Crippen LogP contribution in [0.5, 0.6) is 5.75 Å². The zero-order valence-electron chi connectivity index (χ0n) is 41.8. The van der Waals surface area contributed by atoms with Gasteiger partial charge in [0.15, 0.2) is 11.6 Å². The molecule has 3 aliphatic rings. The van der Waals surface area contributed by atoms with Gasteiger partial charge in [0, 0.05) is 44.5 Å². The maximum atomic E-state index is 14.6.